The Hall–Kier alpha value is -1.15. The van der Waals surface area contributed by atoms with Gasteiger partial charge in [-0.2, -0.15) is 0 Å². The van der Waals surface area contributed by atoms with E-state index in [2.05, 4.69) is 0 Å². The fraction of sp³-hybridized carbons (Fsp3) is 0.818. The molecule has 110 valence electrons. The number of aliphatic carboxylic acids is 1. The van der Waals surface area contributed by atoms with Gasteiger partial charge < -0.3 is 14.7 Å². The summed E-state index contributed by atoms with van der Waals surface area (Å²) in [5, 5.41) is 6.34. The van der Waals surface area contributed by atoms with E-state index in [0.717, 1.165) is 0 Å². The second kappa shape index (κ2) is 6.33. The number of carbonyl (C=O) groups excluding carboxylic acids is 1. The van der Waals surface area contributed by atoms with E-state index in [1.54, 1.807) is 0 Å². The summed E-state index contributed by atoms with van der Waals surface area (Å²) in [6.07, 6.45) is -0.497. The Kier molecular flexibility index (Phi) is 5.30. The minimum Gasteiger partial charge on any atom is -0.481 e. The summed E-state index contributed by atoms with van der Waals surface area (Å²) in [4.78, 5) is 24.1. The van der Waals surface area contributed by atoms with Crippen molar-refractivity contribution in [2.45, 2.75) is 30.8 Å². The zero-order valence-corrected chi connectivity index (χ0v) is 11.9. The van der Waals surface area contributed by atoms with E-state index in [4.69, 9.17) is 9.84 Å². The lowest BCUT2D eigenvalue weighted by Crippen LogP contribution is -2.48. The molecule has 0 spiro atoms. The predicted molar refractivity (Wildman–Crippen MR) is 67.5 cm³/mol. The van der Waals surface area contributed by atoms with Crippen LogP contribution in [0.25, 0.3) is 0 Å². The third-order valence-electron chi connectivity index (χ3n) is 3.19. The Morgan fingerprint density at radius 2 is 1.79 bits per heavy atom. The summed E-state index contributed by atoms with van der Waals surface area (Å²) < 4.78 is 29.3. The zero-order chi connectivity index (χ0) is 14.6. The molecule has 0 saturated carbocycles. The highest BCUT2D eigenvalue weighted by Gasteiger charge is 2.36. The molecular weight excluding hydrogens is 274 g/mol. The maximum atomic E-state index is 12.1. The zero-order valence-electron chi connectivity index (χ0n) is 11.0. The van der Waals surface area contributed by atoms with Crippen LogP contribution < -0.4 is 0 Å². The smallest absolute Gasteiger partial charge is 0.304 e. The summed E-state index contributed by atoms with van der Waals surface area (Å²) >= 11 is 0. The molecule has 19 heavy (non-hydrogen) atoms. The van der Waals surface area contributed by atoms with Crippen LogP contribution >= 0.6 is 0 Å². The molecule has 1 aliphatic rings. The third-order valence-corrected chi connectivity index (χ3v) is 5.66. The first-order valence-electron chi connectivity index (χ1n) is 6.08. The van der Waals surface area contributed by atoms with Gasteiger partial charge in [-0.15, -0.1) is 0 Å². The molecule has 1 N–H and O–H groups in total. The summed E-state index contributed by atoms with van der Waals surface area (Å²) in [7, 11) is -3.80. The van der Waals surface area contributed by atoms with E-state index in [1.165, 1.54) is 18.7 Å². The molecule has 2 unspecified atom stereocenters. The van der Waals surface area contributed by atoms with Crippen molar-refractivity contribution in [3.8, 4) is 0 Å². The fourth-order valence-electron chi connectivity index (χ4n) is 1.89. The lowest BCUT2D eigenvalue weighted by Gasteiger charge is -2.29. The maximum absolute atomic E-state index is 12.1. The molecule has 8 heteroatoms. The Labute approximate surface area is 112 Å². The first kappa shape index (κ1) is 15.9. The third kappa shape index (κ3) is 3.90. The van der Waals surface area contributed by atoms with Crippen molar-refractivity contribution < 1.29 is 27.9 Å². The number of rotatable bonds is 5. The second-order valence-corrected chi connectivity index (χ2v) is 7.27. The van der Waals surface area contributed by atoms with Crippen molar-refractivity contribution in [2.24, 2.45) is 0 Å². The van der Waals surface area contributed by atoms with Gasteiger partial charge in [0.1, 0.15) is 5.25 Å². The number of sulfone groups is 1. The average Bonchev–Trinajstić information content (AvgIpc) is 2.37. The van der Waals surface area contributed by atoms with Crippen molar-refractivity contribution in [3.05, 3.63) is 0 Å². The molecule has 0 aliphatic carbocycles. The van der Waals surface area contributed by atoms with Crippen LogP contribution in [0, 0.1) is 0 Å². The van der Waals surface area contributed by atoms with Crippen LogP contribution in [0.15, 0.2) is 0 Å². The van der Waals surface area contributed by atoms with E-state index in [1.807, 2.05) is 0 Å². The maximum Gasteiger partial charge on any atom is 0.304 e. The molecule has 1 heterocycles. The van der Waals surface area contributed by atoms with Gasteiger partial charge in [-0.25, -0.2) is 8.42 Å². The highest BCUT2D eigenvalue weighted by atomic mass is 32.2. The Bertz CT molecular complexity index is 440. The minimum atomic E-state index is -3.80. The molecule has 1 rings (SSSR count). The summed E-state index contributed by atoms with van der Waals surface area (Å²) in [5.74, 6) is -1.68. The topological polar surface area (TPSA) is 101 Å². The van der Waals surface area contributed by atoms with E-state index < -0.39 is 38.6 Å². The van der Waals surface area contributed by atoms with E-state index >= 15 is 0 Å². The van der Waals surface area contributed by atoms with Gasteiger partial charge in [-0.3, -0.25) is 9.59 Å². The van der Waals surface area contributed by atoms with E-state index in [-0.39, 0.29) is 0 Å². The molecule has 1 saturated heterocycles. The number of hydrogen-bond donors (Lipinski definition) is 1. The van der Waals surface area contributed by atoms with Gasteiger partial charge in [0.05, 0.1) is 24.9 Å². The molecule has 1 aliphatic heterocycles. The molecule has 2 atom stereocenters. The molecule has 0 aromatic carbocycles. The Balaban J connectivity index is 2.76. The first-order valence-corrected chi connectivity index (χ1v) is 7.68. The van der Waals surface area contributed by atoms with Crippen LogP contribution in [0.1, 0.15) is 20.3 Å². The van der Waals surface area contributed by atoms with Crippen LogP contribution in [0.2, 0.25) is 0 Å². The highest BCUT2D eigenvalue weighted by Crippen LogP contribution is 2.15. The number of morpholine rings is 1. The normalized spacial score (nSPS) is 19.8. The number of carbonyl (C=O) groups is 2. The van der Waals surface area contributed by atoms with Gasteiger partial charge in [0.15, 0.2) is 9.84 Å². The molecule has 0 bridgehead atoms. The molecule has 1 fully saturated rings. The first-order chi connectivity index (χ1) is 8.76. The average molecular weight is 293 g/mol. The SMILES string of the molecule is CC(CC(=O)O)S(=O)(=O)C(C)C(=O)N1CCOCC1. The summed E-state index contributed by atoms with van der Waals surface area (Å²) in [6.45, 7) is 4.14. The standard InChI is InChI=1S/C11H19NO6S/c1-8(7-10(13)14)19(16,17)9(2)11(15)12-3-5-18-6-4-12/h8-9H,3-7H2,1-2H3,(H,13,14). The van der Waals surface area contributed by atoms with Gasteiger partial charge in [-0.1, -0.05) is 0 Å². The highest BCUT2D eigenvalue weighted by molar-refractivity contribution is 7.93. The molecule has 7 nitrogen and oxygen atoms in total. The number of amides is 1. The monoisotopic (exact) mass is 293 g/mol. The van der Waals surface area contributed by atoms with Crippen molar-refractivity contribution in [1.82, 2.24) is 4.90 Å². The molecular formula is C11H19NO6S. The Morgan fingerprint density at radius 1 is 1.26 bits per heavy atom. The lowest BCUT2D eigenvalue weighted by atomic mass is 10.3. The largest absolute Gasteiger partial charge is 0.481 e. The number of nitrogens with zero attached hydrogens (tertiary/aromatic N) is 1. The van der Waals surface area contributed by atoms with Crippen molar-refractivity contribution >= 4 is 21.7 Å². The number of carboxylic acid groups (broad SMARTS) is 1. The van der Waals surface area contributed by atoms with Gasteiger partial charge in [0, 0.05) is 13.1 Å². The summed E-state index contributed by atoms with van der Waals surface area (Å²) in [5.41, 5.74) is 0. The van der Waals surface area contributed by atoms with Crippen LogP contribution in [0.5, 0.6) is 0 Å². The van der Waals surface area contributed by atoms with E-state index in [9.17, 15) is 18.0 Å². The van der Waals surface area contributed by atoms with Crippen molar-refractivity contribution in [3.63, 3.8) is 0 Å². The van der Waals surface area contributed by atoms with Crippen LogP contribution in [0.3, 0.4) is 0 Å². The second-order valence-electron chi connectivity index (χ2n) is 4.58. The number of carboxylic acids is 1. The van der Waals surface area contributed by atoms with Crippen LogP contribution in [-0.2, 0) is 24.2 Å². The van der Waals surface area contributed by atoms with Gasteiger partial charge in [-0.05, 0) is 13.8 Å². The van der Waals surface area contributed by atoms with Gasteiger partial charge in [0.25, 0.3) is 0 Å². The van der Waals surface area contributed by atoms with Crippen LogP contribution in [0.4, 0.5) is 0 Å². The van der Waals surface area contributed by atoms with E-state index in [0.29, 0.717) is 26.3 Å². The van der Waals surface area contributed by atoms with Crippen LogP contribution in [-0.4, -0.2) is 67.1 Å². The lowest BCUT2D eigenvalue weighted by molar-refractivity contribution is -0.137. The fourth-order valence-corrected chi connectivity index (χ4v) is 3.39. The number of hydrogen-bond acceptors (Lipinski definition) is 5. The predicted octanol–water partition coefficient (Wildman–Crippen LogP) is -0.488. The quantitative estimate of drug-likeness (QED) is 0.734. The Morgan fingerprint density at radius 3 is 2.26 bits per heavy atom. The van der Waals surface area contributed by atoms with Gasteiger partial charge in [0.2, 0.25) is 5.91 Å². The van der Waals surface area contributed by atoms with Gasteiger partial charge >= 0.3 is 5.97 Å². The number of ether oxygens (including phenoxy) is 1. The molecule has 0 aromatic rings. The molecule has 0 radical (unpaired) electrons. The van der Waals surface area contributed by atoms with Crippen molar-refractivity contribution in [1.29, 1.82) is 0 Å². The minimum absolute atomic E-state index is 0.367. The molecule has 1 amide bonds. The molecule has 0 aromatic heterocycles. The van der Waals surface area contributed by atoms with Crippen molar-refractivity contribution in [2.75, 3.05) is 26.3 Å². The summed E-state index contributed by atoms with van der Waals surface area (Å²) in [6, 6.07) is 0.